The van der Waals surface area contributed by atoms with E-state index in [9.17, 15) is 29.7 Å². The molecule has 3 rings (SSSR count). The molecule has 1 aliphatic heterocycles. The van der Waals surface area contributed by atoms with Crippen LogP contribution in [-0.2, 0) is 17.8 Å². The second-order valence-electron chi connectivity index (χ2n) is 7.89. The number of unbranched alkanes of at least 4 members (excludes halogenated alkanes) is 2. The average Bonchev–Trinajstić information content (AvgIpc) is 3.31. The molecule has 0 aliphatic carbocycles. The van der Waals surface area contributed by atoms with E-state index in [0.29, 0.717) is 12.8 Å². The number of aliphatic hydroxyl groups excluding tert-OH is 3. The quantitative estimate of drug-likeness (QED) is 0.313. The predicted molar refractivity (Wildman–Crippen MR) is 116 cm³/mol. The van der Waals surface area contributed by atoms with Gasteiger partial charge in [0.1, 0.15) is 18.3 Å². The molecule has 2 aromatic rings. The first-order valence-corrected chi connectivity index (χ1v) is 11.1. The molecule has 0 saturated carbocycles. The van der Waals surface area contributed by atoms with Crippen molar-refractivity contribution < 1.29 is 29.7 Å². The Morgan fingerprint density at radius 1 is 1.12 bits per heavy atom. The number of nitrogens with one attached hydrogen (secondary N) is 1. The van der Waals surface area contributed by atoms with Crippen molar-refractivity contribution in [3.63, 3.8) is 0 Å². The van der Waals surface area contributed by atoms with E-state index in [1.54, 1.807) is 0 Å². The summed E-state index contributed by atoms with van der Waals surface area (Å²) < 4.78 is 8.59. The minimum absolute atomic E-state index is 0.0310. The zero-order valence-corrected chi connectivity index (χ0v) is 18.9. The number of hydrogen-bond acceptors (Lipinski definition) is 9. The molecule has 4 atom stereocenters. The van der Waals surface area contributed by atoms with Gasteiger partial charge in [-0.05, 0) is 12.8 Å². The molecule has 3 heterocycles. The van der Waals surface area contributed by atoms with Crippen molar-refractivity contribution in [1.82, 2.24) is 24.2 Å². The maximum Gasteiger partial charge on any atom is 0.332 e. The largest absolute Gasteiger partial charge is 0.394 e. The number of hydrogen-bond donors (Lipinski definition) is 4. The summed E-state index contributed by atoms with van der Waals surface area (Å²) >= 11 is 0. The van der Waals surface area contributed by atoms with E-state index >= 15 is 0 Å². The topological polar surface area (TPSA) is 170 Å². The maximum atomic E-state index is 13.4. The van der Waals surface area contributed by atoms with Gasteiger partial charge in [0, 0.05) is 20.1 Å². The molecular formula is C20H31N5O8. The van der Waals surface area contributed by atoms with Gasteiger partial charge in [-0.1, -0.05) is 26.7 Å². The SMILES string of the molecule is CCCCn1c(=O)c2c(nc(C(=O)NC)n2OC2O[C@H](CO)[C@@H](O)[C@H]2O)n(CCCC)c1=O. The zero-order chi connectivity index (χ0) is 24.3. The maximum absolute atomic E-state index is 13.4. The van der Waals surface area contributed by atoms with Gasteiger partial charge >= 0.3 is 5.69 Å². The number of amides is 1. The summed E-state index contributed by atoms with van der Waals surface area (Å²) in [7, 11) is 1.36. The van der Waals surface area contributed by atoms with Gasteiger partial charge in [-0.2, -0.15) is 0 Å². The molecule has 184 valence electrons. The van der Waals surface area contributed by atoms with Crippen LogP contribution in [0.2, 0.25) is 0 Å². The van der Waals surface area contributed by atoms with Crippen LogP contribution >= 0.6 is 0 Å². The molecule has 0 spiro atoms. The van der Waals surface area contributed by atoms with Crippen molar-refractivity contribution in [2.24, 2.45) is 0 Å². The number of aliphatic hydroxyl groups is 3. The molecule has 0 radical (unpaired) electrons. The fourth-order valence-corrected chi connectivity index (χ4v) is 3.66. The van der Waals surface area contributed by atoms with Gasteiger partial charge in [0.15, 0.2) is 11.2 Å². The lowest BCUT2D eigenvalue weighted by molar-refractivity contribution is -0.169. The van der Waals surface area contributed by atoms with E-state index in [2.05, 4.69) is 10.3 Å². The number of carbonyl (C=O) groups excluding carboxylic acids is 1. The minimum atomic E-state index is -1.56. The molecule has 0 bridgehead atoms. The van der Waals surface area contributed by atoms with Gasteiger partial charge in [-0.15, -0.1) is 4.73 Å². The van der Waals surface area contributed by atoms with Gasteiger partial charge in [0.05, 0.1) is 6.61 Å². The highest BCUT2D eigenvalue weighted by Crippen LogP contribution is 2.22. The lowest BCUT2D eigenvalue weighted by Crippen LogP contribution is -2.43. The Morgan fingerprint density at radius 2 is 1.76 bits per heavy atom. The summed E-state index contributed by atoms with van der Waals surface area (Å²) in [5.74, 6) is -1.04. The Kier molecular flexibility index (Phi) is 7.89. The molecule has 1 fully saturated rings. The highest BCUT2D eigenvalue weighted by molar-refractivity contribution is 5.93. The lowest BCUT2D eigenvalue weighted by Gasteiger charge is -2.18. The van der Waals surface area contributed by atoms with Crippen LogP contribution in [0.15, 0.2) is 9.59 Å². The Hall–Kier alpha value is -2.74. The first-order chi connectivity index (χ1) is 15.8. The Labute approximate surface area is 189 Å². The molecule has 1 aliphatic rings. The summed E-state index contributed by atoms with van der Waals surface area (Å²) in [5.41, 5.74) is -1.43. The van der Waals surface area contributed by atoms with E-state index < -0.39 is 48.4 Å². The number of imidazole rings is 1. The molecule has 0 aromatic carbocycles. The van der Waals surface area contributed by atoms with Gasteiger partial charge in [-0.3, -0.25) is 18.7 Å². The number of ether oxygens (including phenoxy) is 1. The first kappa shape index (κ1) is 24.9. The number of carbonyl (C=O) groups is 1. The molecule has 33 heavy (non-hydrogen) atoms. The van der Waals surface area contributed by atoms with E-state index in [1.807, 2.05) is 13.8 Å². The Morgan fingerprint density at radius 3 is 2.30 bits per heavy atom. The normalized spacial score (nSPS) is 22.7. The van der Waals surface area contributed by atoms with Crippen molar-refractivity contribution in [3.05, 3.63) is 26.7 Å². The highest BCUT2D eigenvalue weighted by Gasteiger charge is 2.45. The molecule has 2 aromatic heterocycles. The molecule has 1 unspecified atom stereocenters. The Bertz CT molecular complexity index is 1110. The summed E-state index contributed by atoms with van der Waals surface area (Å²) in [5, 5.41) is 32.1. The van der Waals surface area contributed by atoms with E-state index in [0.717, 1.165) is 22.1 Å². The van der Waals surface area contributed by atoms with Crippen LogP contribution in [0, 0.1) is 0 Å². The minimum Gasteiger partial charge on any atom is -0.394 e. The average molecular weight is 469 g/mol. The summed E-state index contributed by atoms with van der Waals surface area (Å²) in [6, 6.07) is 0. The molecule has 1 amide bonds. The van der Waals surface area contributed by atoms with Crippen LogP contribution in [0.25, 0.3) is 11.2 Å². The second-order valence-corrected chi connectivity index (χ2v) is 7.89. The standard InChI is InChI=1S/C20H31N5O8/c1-4-6-8-23-15-12(18(30)24(20(23)31)9-7-5-2)25(16(22-15)17(29)21-3)33-19-14(28)13(27)11(10-26)32-19/h11,13-14,19,26-28H,4-10H2,1-3H3,(H,21,29)/t11-,13-,14-,19?/m1/s1. The van der Waals surface area contributed by atoms with Gasteiger partial charge in [0.25, 0.3) is 17.8 Å². The van der Waals surface area contributed by atoms with E-state index in [1.165, 1.54) is 11.6 Å². The van der Waals surface area contributed by atoms with Crippen LogP contribution in [0.4, 0.5) is 0 Å². The number of nitrogens with zero attached hydrogens (tertiary/aromatic N) is 4. The van der Waals surface area contributed by atoms with E-state index in [-0.39, 0.29) is 30.1 Å². The van der Waals surface area contributed by atoms with Gasteiger partial charge < -0.3 is 30.2 Å². The van der Waals surface area contributed by atoms with Gasteiger partial charge in [-0.25, -0.2) is 9.78 Å². The van der Waals surface area contributed by atoms with Crippen LogP contribution in [0.1, 0.15) is 50.1 Å². The molecule has 4 N–H and O–H groups in total. The highest BCUT2D eigenvalue weighted by atomic mass is 16.8. The molecule has 1 saturated heterocycles. The van der Waals surface area contributed by atoms with Crippen molar-refractivity contribution >= 4 is 17.1 Å². The monoisotopic (exact) mass is 469 g/mol. The van der Waals surface area contributed by atoms with Crippen LogP contribution < -0.4 is 21.4 Å². The van der Waals surface area contributed by atoms with Crippen LogP contribution in [0.5, 0.6) is 0 Å². The molecule has 13 nitrogen and oxygen atoms in total. The number of fused-ring (bicyclic) bond motifs is 1. The molecular weight excluding hydrogens is 438 g/mol. The smallest absolute Gasteiger partial charge is 0.332 e. The fourth-order valence-electron chi connectivity index (χ4n) is 3.66. The summed E-state index contributed by atoms with van der Waals surface area (Å²) in [4.78, 5) is 48.9. The number of aryl methyl sites for hydroxylation is 1. The van der Waals surface area contributed by atoms with Crippen LogP contribution in [-0.4, -0.2) is 78.3 Å². The van der Waals surface area contributed by atoms with Gasteiger partial charge in [0.2, 0.25) is 5.82 Å². The number of rotatable bonds is 10. The van der Waals surface area contributed by atoms with Crippen molar-refractivity contribution in [3.8, 4) is 0 Å². The number of aromatic nitrogens is 4. The zero-order valence-electron chi connectivity index (χ0n) is 18.9. The third kappa shape index (κ3) is 4.53. The van der Waals surface area contributed by atoms with Crippen molar-refractivity contribution in [2.75, 3.05) is 13.7 Å². The van der Waals surface area contributed by atoms with Crippen molar-refractivity contribution in [1.29, 1.82) is 0 Å². The first-order valence-electron chi connectivity index (χ1n) is 11.1. The predicted octanol–water partition coefficient (Wildman–Crippen LogP) is -1.81. The second kappa shape index (κ2) is 10.5. The Balaban J connectivity index is 2.25. The summed E-state index contributed by atoms with van der Waals surface area (Å²) in [6.07, 6.45) is -2.87. The third-order valence-electron chi connectivity index (χ3n) is 5.59. The van der Waals surface area contributed by atoms with Crippen molar-refractivity contribution in [2.45, 2.75) is 77.2 Å². The fraction of sp³-hybridized carbons (Fsp3) is 0.700. The van der Waals surface area contributed by atoms with Crippen LogP contribution in [0.3, 0.4) is 0 Å². The third-order valence-corrected chi connectivity index (χ3v) is 5.59. The lowest BCUT2D eigenvalue weighted by atomic mass is 10.1. The summed E-state index contributed by atoms with van der Waals surface area (Å²) in [6.45, 7) is 3.75. The molecule has 13 heteroatoms. The van der Waals surface area contributed by atoms with E-state index in [4.69, 9.17) is 9.57 Å².